The van der Waals surface area contributed by atoms with Gasteiger partial charge in [0, 0.05) is 19.0 Å². The summed E-state index contributed by atoms with van der Waals surface area (Å²) in [6.07, 6.45) is 2.56. The van der Waals surface area contributed by atoms with Gasteiger partial charge in [0.1, 0.15) is 0 Å². The molecule has 0 N–H and O–H groups in total. The first kappa shape index (κ1) is 14.4. The fraction of sp³-hybridized carbons (Fsp3) is 0.389. The smallest absolute Gasteiger partial charge is 0.227 e. The monoisotopic (exact) mass is 301 g/mol. The minimum absolute atomic E-state index is 0.236. The molecule has 1 aliphatic rings. The molecule has 0 atom stereocenters. The molecular formula is C18H20ClNO. The van der Waals surface area contributed by atoms with Crippen molar-refractivity contribution in [2.24, 2.45) is 5.92 Å². The van der Waals surface area contributed by atoms with Gasteiger partial charge < -0.3 is 4.90 Å². The van der Waals surface area contributed by atoms with Crippen LogP contribution in [0.2, 0.25) is 0 Å². The standard InChI is InChI=1S/C18H20ClNO/c19-13-14-8-10-20(11-9-14)18(21)12-16-6-3-5-15-4-1-2-7-17(15)16/h1-7,14H,8-13H2. The van der Waals surface area contributed by atoms with Crippen LogP contribution in [0.4, 0.5) is 0 Å². The van der Waals surface area contributed by atoms with Gasteiger partial charge in [-0.2, -0.15) is 0 Å². The normalized spacial score (nSPS) is 16.3. The van der Waals surface area contributed by atoms with Crippen molar-refractivity contribution in [1.82, 2.24) is 4.90 Å². The van der Waals surface area contributed by atoms with Gasteiger partial charge in [0.2, 0.25) is 5.91 Å². The number of carbonyl (C=O) groups excluding carboxylic acids is 1. The summed E-state index contributed by atoms with van der Waals surface area (Å²) in [7, 11) is 0. The topological polar surface area (TPSA) is 20.3 Å². The largest absolute Gasteiger partial charge is 0.342 e. The number of hydrogen-bond donors (Lipinski definition) is 0. The van der Waals surface area contributed by atoms with Gasteiger partial charge in [-0.25, -0.2) is 0 Å². The van der Waals surface area contributed by atoms with E-state index in [-0.39, 0.29) is 5.91 Å². The molecule has 0 aromatic heterocycles. The molecule has 110 valence electrons. The summed E-state index contributed by atoms with van der Waals surface area (Å²) in [5, 5.41) is 2.38. The molecule has 0 bridgehead atoms. The van der Waals surface area contributed by atoms with E-state index in [0.29, 0.717) is 18.2 Å². The summed E-state index contributed by atoms with van der Waals surface area (Å²) in [6.45, 7) is 1.70. The van der Waals surface area contributed by atoms with Crippen LogP contribution in [0.15, 0.2) is 42.5 Å². The van der Waals surface area contributed by atoms with Gasteiger partial charge in [0.05, 0.1) is 6.42 Å². The summed E-state index contributed by atoms with van der Waals surface area (Å²) in [6, 6.07) is 14.4. The number of piperidine rings is 1. The molecule has 1 fully saturated rings. The number of alkyl halides is 1. The van der Waals surface area contributed by atoms with Crippen molar-refractivity contribution in [3.8, 4) is 0 Å². The Bertz CT molecular complexity index is 627. The molecule has 3 heteroatoms. The second-order valence-electron chi connectivity index (χ2n) is 5.79. The lowest BCUT2D eigenvalue weighted by Gasteiger charge is -2.31. The van der Waals surface area contributed by atoms with Crippen molar-refractivity contribution in [3.05, 3.63) is 48.0 Å². The number of fused-ring (bicyclic) bond motifs is 1. The molecule has 3 rings (SSSR count). The van der Waals surface area contributed by atoms with E-state index in [1.165, 1.54) is 10.8 Å². The van der Waals surface area contributed by atoms with Gasteiger partial charge in [-0.15, -0.1) is 11.6 Å². The van der Waals surface area contributed by atoms with Crippen LogP contribution < -0.4 is 0 Å². The second kappa shape index (κ2) is 6.48. The number of nitrogens with zero attached hydrogens (tertiary/aromatic N) is 1. The van der Waals surface area contributed by atoms with E-state index in [1.807, 2.05) is 23.1 Å². The molecule has 2 aromatic rings. The number of rotatable bonds is 3. The molecule has 0 aliphatic carbocycles. The fourth-order valence-electron chi connectivity index (χ4n) is 3.06. The van der Waals surface area contributed by atoms with E-state index in [2.05, 4.69) is 24.3 Å². The molecule has 2 nitrogen and oxygen atoms in total. The second-order valence-corrected chi connectivity index (χ2v) is 6.10. The van der Waals surface area contributed by atoms with Crippen molar-refractivity contribution in [2.45, 2.75) is 19.3 Å². The highest BCUT2D eigenvalue weighted by molar-refractivity contribution is 6.18. The average molecular weight is 302 g/mol. The Morgan fingerprint density at radius 3 is 2.57 bits per heavy atom. The third kappa shape index (κ3) is 3.21. The Balaban J connectivity index is 1.72. The third-order valence-corrected chi connectivity index (χ3v) is 4.84. The molecule has 0 saturated carbocycles. The molecule has 1 heterocycles. The van der Waals surface area contributed by atoms with Crippen LogP contribution in [0, 0.1) is 5.92 Å². The van der Waals surface area contributed by atoms with Crippen LogP contribution in [0.1, 0.15) is 18.4 Å². The minimum atomic E-state index is 0.236. The highest BCUT2D eigenvalue weighted by Crippen LogP contribution is 2.22. The van der Waals surface area contributed by atoms with Gasteiger partial charge in [0.25, 0.3) is 0 Å². The number of benzene rings is 2. The predicted octanol–water partition coefficient (Wildman–Crippen LogP) is 3.86. The van der Waals surface area contributed by atoms with Crippen molar-refractivity contribution < 1.29 is 4.79 Å². The first-order chi connectivity index (χ1) is 10.3. The summed E-state index contributed by atoms with van der Waals surface area (Å²) in [5.74, 6) is 1.53. The van der Waals surface area contributed by atoms with Crippen LogP contribution >= 0.6 is 11.6 Å². The van der Waals surface area contributed by atoms with Crippen LogP contribution in [0.3, 0.4) is 0 Å². The lowest BCUT2D eigenvalue weighted by Crippen LogP contribution is -2.39. The number of likely N-dealkylation sites (tertiary alicyclic amines) is 1. The minimum Gasteiger partial charge on any atom is -0.342 e. The molecule has 2 aromatic carbocycles. The van der Waals surface area contributed by atoms with Crippen molar-refractivity contribution >= 4 is 28.3 Å². The first-order valence-electron chi connectivity index (χ1n) is 7.58. The van der Waals surface area contributed by atoms with Crippen molar-refractivity contribution in [2.75, 3.05) is 19.0 Å². The highest BCUT2D eigenvalue weighted by Gasteiger charge is 2.22. The van der Waals surface area contributed by atoms with Gasteiger partial charge in [-0.05, 0) is 35.1 Å². The molecule has 1 aliphatic heterocycles. The zero-order valence-electron chi connectivity index (χ0n) is 12.1. The Kier molecular flexibility index (Phi) is 4.45. The van der Waals surface area contributed by atoms with E-state index in [9.17, 15) is 4.79 Å². The van der Waals surface area contributed by atoms with Crippen LogP contribution in [0.25, 0.3) is 10.8 Å². The van der Waals surface area contributed by atoms with E-state index in [0.717, 1.165) is 31.5 Å². The zero-order chi connectivity index (χ0) is 14.7. The first-order valence-corrected chi connectivity index (χ1v) is 8.12. The van der Waals surface area contributed by atoms with E-state index in [4.69, 9.17) is 11.6 Å². The van der Waals surface area contributed by atoms with Crippen LogP contribution in [0.5, 0.6) is 0 Å². The van der Waals surface area contributed by atoms with Crippen LogP contribution in [-0.2, 0) is 11.2 Å². The van der Waals surface area contributed by atoms with Crippen molar-refractivity contribution in [3.63, 3.8) is 0 Å². The maximum atomic E-state index is 12.5. The van der Waals surface area contributed by atoms with Crippen molar-refractivity contribution in [1.29, 1.82) is 0 Å². The summed E-state index contributed by atoms with van der Waals surface area (Å²) >= 11 is 5.90. The Morgan fingerprint density at radius 1 is 1.10 bits per heavy atom. The van der Waals surface area contributed by atoms with Gasteiger partial charge in [0.15, 0.2) is 0 Å². The summed E-state index contributed by atoms with van der Waals surface area (Å²) in [4.78, 5) is 14.5. The maximum Gasteiger partial charge on any atom is 0.227 e. The van der Waals surface area contributed by atoms with E-state index >= 15 is 0 Å². The number of carbonyl (C=O) groups is 1. The lowest BCUT2D eigenvalue weighted by molar-refractivity contribution is -0.131. The highest BCUT2D eigenvalue weighted by atomic mass is 35.5. The third-order valence-electron chi connectivity index (χ3n) is 4.41. The molecule has 1 saturated heterocycles. The van der Waals surface area contributed by atoms with E-state index < -0.39 is 0 Å². The van der Waals surface area contributed by atoms with Crippen LogP contribution in [-0.4, -0.2) is 29.8 Å². The zero-order valence-corrected chi connectivity index (χ0v) is 12.9. The van der Waals surface area contributed by atoms with Gasteiger partial charge in [-0.3, -0.25) is 4.79 Å². The quantitative estimate of drug-likeness (QED) is 0.788. The predicted molar refractivity (Wildman–Crippen MR) is 87.7 cm³/mol. The Labute approximate surface area is 130 Å². The van der Waals surface area contributed by atoms with E-state index in [1.54, 1.807) is 0 Å². The molecule has 0 radical (unpaired) electrons. The Hall–Kier alpha value is -1.54. The maximum absolute atomic E-state index is 12.5. The number of halogens is 1. The molecule has 21 heavy (non-hydrogen) atoms. The number of amides is 1. The molecule has 1 amide bonds. The summed E-state index contributed by atoms with van der Waals surface area (Å²) < 4.78 is 0. The molecule has 0 unspecified atom stereocenters. The summed E-state index contributed by atoms with van der Waals surface area (Å²) in [5.41, 5.74) is 1.12. The van der Waals surface area contributed by atoms with Gasteiger partial charge >= 0.3 is 0 Å². The molecule has 0 spiro atoms. The average Bonchev–Trinajstić information content (AvgIpc) is 2.55. The SMILES string of the molecule is O=C(Cc1cccc2ccccc12)N1CCC(CCl)CC1. The molecular weight excluding hydrogens is 282 g/mol. The fourth-order valence-corrected chi connectivity index (χ4v) is 3.37. The number of hydrogen-bond acceptors (Lipinski definition) is 1. The Morgan fingerprint density at radius 2 is 1.81 bits per heavy atom. The lowest BCUT2D eigenvalue weighted by atomic mass is 9.97. The van der Waals surface area contributed by atoms with Gasteiger partial charge in [-0.1, -0.05) is 42.5 Å².